The predicted molar refractivity (Wildman–Crippen MR) is 145 cm³/mol. The van der Waals surface area contributed by atoms with Gasteiger partial charge in [-0.25, -0.2) is 18.4 Å². The average Bonchev–Trinajstić information content (AvgIpc) is 3.61. The predicted octanol–water partition coefficient (Wildman–Crippen LogP) is 4.46. The molecule has 2 aromatic heterocycles. The number of aliphatic imine (C=N–C) groups is 2. The zero-order valence-corrected chi connectivity index (χ0v) is 22.7. The highest BCUT2D eigenvalue weighted by Crippen LogP contribution is 2.32. The molecule has 2 N–H and O–H groups in total. The topological polar surface area (TPSA) is 135 Å². The Kier molecular flexibility index (Phi) is 8.75. The van der Waals surface area contributed by atoms with E-state index in [1.165, 1.54) is 17.5 Å². The lowest BCUT2D eigenvalue weighted by atomic mass is 10.0. The number of carbonyl (C=O) groups is 1. The number of thiazole rings is 1. The molecule has 2 heterocycles. The Bertz CT molecular complexity index is 1260. The first kappa shape index (κ1) is 27.6. The number of sulfonamides is 1. The van der Waals surface area contributed by atoms with Gasteiger partial charge in [0, 0.05) is 30.0 Å². The second-order valence-corrected chi connectivity index (χ2v) is 11.7. The molecule has 0 radical (unpaired) electrons. The number of methoxy groups -OCH3 is 1. The minimum Gasteiger partial charge on any atom is -0.373 e. The molecule has 1 atom stereocenters. The first-order chi connectivity index (χ1) is 17.0. The van der Waals surface area contributed by atoms with Crippen molar-refractivity contribution in [2.45, 2.75) is 63.7 Å². The molecule has 2 aromatic rings. The van der Waals surface area contributed by atoms with Crippen LogP contribution in [0.5, 0.6) is 0 Å². The molecule has 1 amide bonds. The Morgan fingerprint density at radius 2 is 2.11 bits per heavy atom. The summed E-state index contributed by atoms with van der Waals surface area (Å²) < 4.78 is 32.3. The SMILES string of the molecule is C=N/C=C(\N=C(/C)C(C)(C)OC)c1ccc(NC(=O)C(CC)c2csc(NS(=O)(=O)C3CC3)n2)nc1. The van der Waals surface area contributed by atoms with Gasteiger partial charge < -0.3 is 10.1 Å². The Labute approximate surface area is 216 Å². The standard InChI is InChI=1S/C24H32N6O4S2/c1-7-18(20-14-35-23(28-20)30-36(32,33)17-9-10-17)22(31)29-21-11-8-16(12-26-21)19(13-25-5)27-15(2)24(3,4)34-6/h8,11-14,17-18H,5,7,9-10H2,1-4,6H3,(H,28,30)(H,26,29,31)/b19-13-,27-15+. The van der Waals surface area contributed by atoms with Gasteiger partial charge in [0.05, 0.1) is 34.4 Å². The molecular formula is C24H32N6O4S2. The van der Waals surface area contributed by atoms with Crippen LogP contribution in [0, 0.1) is 0 Å². The number of hydrogen-bond donors (Lipinski definition) is 2. The fourth-order valence-corrected chi connectivity index (χ4v) is 5.52. The number of carbonyl (C=O) groups excluding carboxylic acids is 1. The van der Waals surface area contributed by atoms with Crippen LogP contribution in [0.2, 0.25) is 0 Å². The lowest BCUT2D eigenvalue weighted by Crippen LogP contribution is -2.31. The maximum atomic E-state index is 13.0. The van der Waals surface area contributed by atoms with Crippen LogP contribution < -0.4 is 10.0 Å². The molecule has 10 nitrogen and oxygen atoms in total. The van der Waals surface area contributed by atoms with Crippen molar-refractivity contribution in [3.8, 4) is 0 Å². The first-order valence-electron chi connectivity index (χ1n) is 11.5. The van der Waals surface area contributed by atoms with E-state index in [4.69, 9.17) is 4.74 Å². The summed E-state index contributed by atoms with van der Waals surface area (Å²) >= 11 is 1.17. The quantitative estimate of drug-likeness (QED) is 0.388. The third-order valence-electron chi connectivity index (χ3n) is 5.99. The Morgan fingerprint density at radius 3 is 2.67 bits per heavy atom. The molecule has 1 saturated carbocycles. The van der Waals surface area contributed by atoms with E-state index in [1.807, 2.05) is 27.7 Å². The van der Waals surface area contributed by atoms with Crippen LogP contribution in [0.4, 0.5) is 10.9 Å². The van der Waals surface area contributed by atoms with Gasteiger partial charge in [0.15, 0.2) is 5.13 Å². The lowest BCUT2D eigenvalue weighted by molar-refractivity contribution is -0.117. The number of rotatable bonds is 12. The van der Waals surface area contributed by atoms with E-state index < -0.39 is 21.5 Å². The van der Waals surface area contributed by atoms with Crippen molar-refractivity contribution in [2.75, 3.05) is 17.1 Å². The highest BCUT2D eigenvalue weighted by molar-refractivity contribution is 7.93. The molecule has 1 aliphatic rings. The van der Waals surface area contributed by atoms with Gasteiger partial charge in [0.25, 0.3) is 0 Å². The van der Waals surface area contributed by atoms with Gasteiger partial charge in [-0.2, -0.15) is 0 Å². The zero-order chi connectivity index (χ0) is 26.5. The smallest absolute Gasteiger partial charge is 0.237 e. The van der Waals surface area contributed by atoms with Crippen molar-refractivity contribution in [2.24, 2.45) is 9.98 Å². The molecule has 36 heavy (non-hydrogen) atoms. The Balaban J connectivity index is 1.71. The highest BCUT2D eigenvalue weighted by Gasteiger charge is 2.36. The lowest BCUT2D eigenvalue weighted by Gasteiger charge is -2.23. The number of anilines is 2. The van der Waals surface area contributed by atoms with E-state index in [0.717, 1.165) is 5.71 Å². The summed E-state index contributed by atoms with van der Waals surface area (Å²) in [6, 6.07) is 3.46. The molecular weight excluding hydrogens is 500 g/mol. The van der Waals surface area contributed by atoms with E-state index >= 15 is 0 Å². The van der Waals surface area contributed by atoms with Gasteiger partial charge in [-0.05, 0) is 58.9 Å². The van der Waals surface area contributed by atoms with Gasteiger partial charge >= 0.3 is 0 Å². The Morgan fingerprint density at radius 1 is 1.39 bits per heavy atom. The molecule has 1 unspecified atom stereocenters. The van der Waals surface area contributed by atoms with Gasteiger partial charge in [0.2, 0.25) is 15.9 Å². The van der Waals surface area contributed by atoms with E-state index in [9.17, 15) is 13.2 Å². The van der Waals surface area contributed by atoms with Crippen molar-refractivity contribution in [3.63, 3.8) is 0 Å². The highest BCUT2D eigenvalue weighted by atomic mass is 32.2. The summed E-state index contributed by atoms with van der Waals surface area (Å²) in [5.74, 6) is -0.458. The van der Waals surface area contributed by atoms with E-state index in [-0.39, 0.29) is 16.3 Å². The summed E-state index contributed by atoms with van der Waals surface area (Å²) in [4.78, 5) is 30.2. The second-order valence-electron chi connectivity index (χ2n) is 8.91. The summed E-state index contributed by atoms with van der Waals surface area (Å²) in [5.41, 5.74) is 1.98. The van der Waals surface area contributed by atoms with Crippen LogP contribution in [0.25, 0.3) is 5.70 Å². The molecule has 3 rings (SSSR count). The number of nitrogens with zero attached hydrogens (tertiary/aromatic N) is 4. The van der Waals surface area contributed by atoms with Crippen LogP contribution in [-0.4, -0.2) is 54.7 Å². The molecule has 0 bridgehead atoms. The minimum atomic E-state index is -3.40. The van der Waals surface area contributed by atoms with Crippen molar-refractivity contribution in [3.05, 3.63) is 41.2 Å². The number of ether oxygens (including phenoxy) is 1. The first-order valence-corrected chi connectivity index (χ1v) is 13.9. The third-order valence-corrected chi connectivity index (χ3v) is 8.72. The van der Waals surface area contributed by atoms with Gasteiger partial charge in [0.1, 0.15) is 5.82 Å². The van der Waals surface area contributed by atoms with Crippen LogP contribution in [0.15, 0.2) is 39.9 Å². The van der Waals surface area contributed by atoms with Crippen molar-refractivity contribution < 1.29 is 17.9 Å². The number of pyridine rings is 1. The minimum absolute atomic E-state index is 0.272. The molecule has 0 aliphatic heterocycles. The maximum absolute atomic E-state index is 13.0. The zero-order valence-electron chi connectivity index (χ0n) is 21.1. The number of hydrogen-bond acceptors (Lipinski definition) is 9. The van der Waals surface area contributed by atoms with Crippen LogP contribution in [0.1, 0.15) is 64.1 Å². The second kappa shape index (κ2) is 11.4. The molecule has 0 aromatic carbocycles. The molecule has 12 heteroatoms. The monoisotopic (exact) mass is 532 g/mol. The van der Waals surface area contributed by atoms with E-state index in [1.54, 1.807) is 30.8 Å². The molecule has 0 spiro atoms. The summed E-state index contributed by atoms with van der Waals surface area (Å²) in [6.45, 7) is 11.1. The van der Waals surface area contributed by atoms with Crippen LogP contribution in [0.3, 0.4) is 0 Å². The summed E-state index contributed by atoms with van der Waals surface area (Å²) in [5, 5.41) is 4.45. The molecule has 0 saturated heterocycles. The summed E-state index contributed by atoms with van der Waals surface area (Å²) in [7, 11) is -1.78. The van der Waals surface area contributed by atoms with Crippen LogP contribution in [-0.2, 0) is 19.6 Å². The number of aromatic nitrogens is 2. The van der Waals surface area contributed by atoms with Gasteiger partial charge in [-0.3, -0.25) is 19.5 Å². The van der Waals surface area contributed by atoms with Gasteiger partial charge in [-0.1, -0.05) is 6.92 Å². The van der Waals surface area contributed by atoms with E-state index in [0.29, 0.717) is 42.0 Å². The fourth-order valence-electron chi connectivity index (χ4n) is 3.16. The normalized spacial score (nSPS) is 15.9. The molecule has 194 valence electrons. The van der Waals surface area contributed by atoms with Crippen molar-refractivity contribution >= 4 is 56.3 Å². The van der Waals surface area contributed by atoms with Crippen LogP contribution >= 0.6 is 11.3 Å². The van der Waals surface area contributed by atoms with Crippen molar-refractivity contribution in [1.82, 2.24) is 9.97 Å². The van der Waals surface area contributed by atoms with Gasteiger partial charge in [-0.15, -0.1) is 11.3 Å². The van der Waals surface area contributed by atoms with Crippen molar-refractivity contribution in [1.29, 1.82) is 0 Å². The summed E-state index contributed by atoms with van der Waals surface area (Å²) in [6.07, 6.45) is 4.95. The Hall–Kier alpha value is -2.96. The third kappa shape index (κ3) is 6.83. The largest absolute Gasteiger partial charge is 0.373 e. The average molecular weight is 533 g/mol. The maximum Gasteiger partial charge on any atom is 0.237 e. The molecule has 1 fully saturated rings. The number of amides is 1. The molecule has 1 aliphatic carbocycles. The number of nitrogens with one attached hydrogen (secondary N) is 2. The fraction of sp³-hybridized carbons (Fsp3) is 0.458. The van der Waals surface area contributed by atoms with E-state index in [2.05, 4.69) is 36.7 Å².